The summed E-state index contributed by atoms with van der Waals surface area (Å²) in [4.78, 5) is 12.5. The van der Waals surface area contributed by atoms with Crippen LogP contribution in [-0.4, -0.2) is 29.9 Å². The first-order valence-electron chi connectivity index (χ1n) is 8.62. The molecule has 4 aromatic heterocycles. The summed E-state index contributed by atoms with van der Waals surface area (Å²) in [7, 11) is 0. The molecule has 0 aliphatic carbocycles. The van der Waals surface area contributed by atoms with Crippen molar-refractivity contribution in [3.05, 3.63) is 71.1 Å². The van der Waals surface area contributed by atoms with Crippen LogP contribution in [0.15, 0.2) is 55.0 Å². The number of aromatic nitrogens is 6. The summed E-state index contributed by atoms with van der Waals surface area (Å²) in [6, 6.07) is 8.67. The van der Waals surface area contributed by atoms with Gasteiger partial charge < -0.3 is 5.32 Å². The van der Waals surface area contributed by atoms with Gasteiger partial charge in [0, 0.05) is 12.4 Å². The Balaban J connectivity index is 1.64. The van der Waals surface area contributed by atoms with Crippen molar-refractivity contribution in [1.82, 2.24) is 29.9 Å². The minimum Gasteiger partial charge on any atom is -0.325 e. The van der Waals surface area contributed by atoms with Crippen molar-refractivity contribution in [3.63, 3.8) is 0 Å². The average Bonchev–Trinajstić information content (AvgIpc) is 3.17. The molecule has 1 N–H and O–H groups in total. The van der Waals surface area contributed by atoms with Crippen LogP contribution >= 0.6 is 11.6 Å². The van der Waals surface area contributed by atoms with Crippen molar-refractivity contribution < 1.29 is 13.2 Å². The van der Waals surface area contributed by atoms with Gasteiger partial charge in [-0.2, -0.15) is 13.2 Å². The zero-order valence-corrected chi connectivity index (χ0v) is 16.1. The van der Waals surface area contributed by atoms with Crippen LogP contribution in [0.4, 0.5) is 24.8 Å². The van der Waals surface area contributed by atoms with E-state index < -0.39 is 11.7 Å². The van der Waals surface area contributed by atoms with E-state index >= 15 is 0 Å². The highest BCUT2D eigenvalue weighted by molar-refractivity contribution is 6.32. The molecule has 0 saturated carbocycles. The predicted molar refractivity (Wildman–Crippen MR) is 105 cm³/mol. The second-order valence-electron chi connectivity index (χ2n) is 6.32. The van der Waals surface area contributed by atoms with Gasteiger partial charge in [-0.05, 0) is 48.9 Å². The second-order valence-corrected chi connectivity index (χ2v) is 6.73. The molecule has 0 atom stereocenters. The third kappa shape index (κ3) is 4.23. The fourth-order valence-corrected chi connectivity index (χ4v) is 2.91. The van der Waals surface area contributed by atoms with Gasteiger partial charge in [0.2, 0.25) is 0 Å². The first-order chi connectivity index (χ1) is 14.3. The smallest absolute Gasteiger partial charge is 0.325 e. The summed E-state index contributed by atoms with van der Waals surface area (Å²) < 4.78 is 40.2. The van der Waals surface area contributed by atoms with Crippen LogP contribution < -0.4 is 5.32 Å². The van der Waals surface area contributed by atoms with Gasteiger partial charge in [-0.25, -0.2) is 19.6 Å². The van der Waals surface area contributed by atoms with Gasteiger partial charge in [-0.3, -0.25) is 0 Å². The molecule has 11 heteroatoms. The maximum Gasteiger partial charge on any atom is 0.416 e. The van der Waals surface area contributed by atoms with E-state index in [2.05, 4.69) is 30.6 Å². The molecule has 0 fully saturated rings. The third-order valence-electron chi connectivity index (χ3n) is 4.02. The monoisotopic (exact) mass is 431 g/mol. The van der Waals surface area contributed by atoms with Crippen molar-refractivity contribution in [1.29, 1.82) is 0 Å². The van der Waals surface area contributed by atoms with Crippen molar-refractivity contribution in [2.75, 3.05) is 5.32 Å². The standard InChI is InChI=1S/C19H13ClF3N7/c1-11-7-14(15-10-30(29-28-15)18-13(20)3-2-5-25-18)26-17(8-11)27-16-9-12(4-6-24-16)19(21,22)23/h2-10H,1H3,(H,24,26,27). The number of halogens is 4. The Morgan fingerprint density at radius 3 is 2.60 bits per heavy atom. The summed E-state index contributed by atoms with van der Waals surface area (Å²) in [5.74, 6) is 0.761. The lowest BCUT2D eigenvalue weighted by atomic mass is 10.2. The molecule has 0 unspecified atom stereocenters. The second kappa shape index (κ2) is 7.71. The molecule has 0 saturated heterocycles. The molecule has 0 aliphatic rings. The highest BCUT2D eigenvalue weighted by Crippen LogP contribution is 2.30. The molecule has 0 aliphatic heterocycles. The molecular formula is C19H13ClF3N7. The van der Waals surface area contributed by atoms with E-state index in [4.69, 9.17) is 11.6 Å². The van der Waals surface area contributed by atoms with E-state index in [1.807, 2.05) is 6.92 Å². The Morgan fingerprint density at radius 1 is 1.00 bits per heavy atom. The predicted octanol–water partition coefficient (Wildman–Crippen LogP) is 4.84. The lowest BCUT2D eigenvalue weighted by Crippen LogP contribution is -2.06. The minimum absolute atomic E-state index is 0.0257. The zero-order chi connectivity index (χ0) is 21.3. The number of anilines is 2. The van der Waals surface area contributed by atoms with Gasteiger partial charge in [-0.1, -0.05) is 16.8 Å². The molecule has 4 rings (SSSR count). The van der Waals surface area contributed by atoms with E-state index in [0.29, 0.717) is 28.0 Å². The van der Waals surface area contributed by atoms with Crippen LogP contribution in [0, 0.1) is 6.92 Å². The number of nitrogens with zero attached hydrogens (tertiary/aromatic N) is 6. The summed E-state index contributed by atoms with van der Waals surface area (Å²) in [6.07, 6.45) is -0.181. The summed E-state index contributed by atoms with van der Waals surface area (Å²) in [6.45, 7) is 1.83. The molecule has 7 nitrogen and oxygen atoms in total. The van der Waals surface area contributed by atoms with Gasteiger partial charge in [0.05, 0.1) is 22.5 Å². The van der Waals surface area contributed by atoms with E-state index in [0.717, 1.165) is 23.9 Å². The Morgan fingerprint density at radius 2 is 1.83 bits per heavy atom. The number of alkyl halides is 3. The number of hydrogen-bond donors (Lipinski definition) is 1. The maximum atomic E-state index is 12.9. The normalized spacial score (nSPS) is 11.5. The lowest BCUT2D eigenvalue weighted by molar-refractivity contribution is -0.137. The molecule has 4 heterocycles. The van der Waals surface area contributed by atoms with Crippen LogP contribution in [0.3, 0.4) is 0 Å². The van der Waals surface area contributed by atoms with E-state index in [-0.39, 0.29) is 5.82 Å². The van der Waals surface area contributed by atoms with Gasteiger partial charge in [-0.15, -0.1) is 5.10 Å². The summed E-state index contributed by atoms with van der Waals surface area (Å²) in [5.41, 5.74) is 0.936. The molecule has 0 radical (unpaired) electrons. The Kier molecular flexibility index (Phi) is 5.08. The van der Waals surface area contributed by atoms with Crippen LogP contribution in [0.1, 0.15) is 11.1 Å². The van der Waals surface area contributed by atoms with Gasteiger partial charge in [0.25, 0.3) is 0 Å². The Bertz CT molecular complexity index is 1210. The van der Waals surface area contributed by atoms with Gasteiger partial charge in [0.15, 0.2) is 5.82 Å². The molecule has 0 bridgehead atoms. The SMILES string of the molecule is Cc1cc(Nc2cc(C(F)(F)F)ccn2)nc(-c2cn(-c3ncccc3Cl)nn2)c1. The third-order valence-corrected chi connectivity index (χ3v) is 4.32. The summed E-state index contributed by atoms with van der Waals surface area (Å²) >= 11 is 6.14. The number of hydrogen-bond acceptors (Lipinski definition) is 6. The van der Waals surface area contributed by atoms with Crippen molar-refractivity contribution in [3.8, 4) is 17.2 Å². The fourth-order valence-electron chi connectivity index (χ4n) is 2.70. The minimum atomic E-state index is -4.46. The largest absolute Gasteiger partial charge is 0.416 e. The number of nitrogens with one attached hydrogen (secondary N) is 1. The van der Waals surface area contributed by atoms with Crippen LogP contribution in [-0.2, 0) is 6.18 Å². The topological polar surface area (TPSA) is 81.4 Å². The van der Waals surface area contributed by atoms with E-state index in [1.54, 1.807) is 36.7 Å². The quantitative estimate of drug-likeness (QED) is 0.497. The maximum absolute atomic E-state index is 12.9. The van der Waals surface area contributed by atoms with Crippen LogP contribution in [0.25, 0.3) is 17.2 Å². The molecular weight excluding hydrogens is 419 g/mol. The van der Waals surface area contributed by atoms with Gasteiger partial charge in [0.1, 0.15) is 17.3 Å². The van der Waals surface area contributed by atoms with Crippen LogP contribution in [0.2, 0.25) is 5.02 Å². The first-order valence-corrected chi connectivity index (χ1v) is 9.00. The molecule has 152 valence electrons. The molecule has 0 spiro atoms. The molecule has 0 amide bonds. The highest BCUT2D eigenvalue weighted by Gasteiger charge is 2.30. The molecule has 4 aromatic rings. The Labute approximate surface area is 173 Å². The zero-order valence-electron chi connectivity index (χ0n) is 15.4. The molecule has 30 heavy (non-hydrogen) atoms. The lowest BCUT2D eigenvalue weighted by Gasteiger charge is -2.10. The van der Waals surface area contributed by atoms with E-state index in [9.17, 15) is 13.2 Å². The number of aryl methyl sites for hydroxylation is 1. The number of rotatable bonds is 4. The van der Waals surface area contributed by atoms with Crippen LogP contribution in [0.5, 0.6) is 0 Å². The fraction of sp³-hybridized carbons (Fsp3) is 0.105. The van der Waals surface area contributed by atoms with E-state index in [1.165, 1.54) is 4.68 Å². The Hall–Kier alpha value is -3.53. The molecule has 0 aromatic carbocycles. The van der Waals surface area contributed by atoms with Crippen molar-refractivity contribution >= 4 is 23.2 Å². The van der Waals surface area contributed by atoms with Crippen molar-refractivity contribution in [2.24, 2.45) is 0 Å². The summed E-state index contributed by atoms with van der Waals surface area (Å²) in [5, 5.41) is 11.3. The van der Waals surface area contributed by atoms with Gasteiger partial charge >= 0.3 is 6.18 Å². The first kappa shape index (κ1) is 19.8. The van der Waals surface area contributed by atoms with Crippen molar-refractivity contribution in [2.45, 2.75) is 13.1 Å². The number of pyridine rings is 3. The average molecular weight is 432 g/mol. The highest BCUT2D eigenvalue weighted by atomic mass is 35.5.